The molecule has 7 nitrogen and oxygen atoms in total. The Morgan fingerprint density at radius 2 is 1.90 bits per heavy atom. The van der Waals surface area contributed by atoms with Crippen LogP contribution in [0, 0.1) is 0 Å². The number of benzene rings is 2. The maximum Gasteiger partial charge on any atom is 0.333 e. The van der Waals surface area contributed by atoms with Crippen molar-refractivity contribution in [3.63, 3.8) is 0 Å². The summed E-state index contributed by atoms with van der Waals surface area (Å²) in [6, 6.07) is 13.1. The van der Waals surface area contributed by atoms with Crippen molar-refractivity contribution in [1.29, 1.82) is 0 Å². The highest BCUT2D eigenvalue weighted by Gasteiger charge is 2.22. The first kappa shape index (κ1) is 21.3. The van der Waals surface area contributed by atoms with Crippen LogP contribution in [-0.2, 0) is 6.61 Å². The Kier molecular flexibility index (Phi) is 5.72. The average molecular weight is 476 g/mol. The van der Waals surface area contributed by atoms with E-state index in [4.69, 9.17) is 23.2 Å². The van der Waals surface area contributed by atoms with Crippen LogP contribution < -0.4 is 16.1 Å². The molecule has 31 heavy (non-hydrogen) atoms. The van der Waals surface area contributed by atoms with Crippen molar-refractivity contribution in [2.45, 2.75) is 6.61 Å². The molecule has 0 bridgehead atoms. The zero-order valence-electron chi connectivity index (χ0n) is 16.1. The average Bonchev–Trinajstić information content (AvgIpc) is 3.13. The highest BCUT2D eigenvalue weighted by atomic mass is 35.5. The molecule has 0 aliphatic carbocycles. The largest absolute Gasteiger partial charge is 0.392 e. The molecule has 0 saturated heterocycles. The van der Waals surface area contributed by atoms with Gasteiger partial charge in [-0.05, 0) is 29.8 Å². The van der Waals surface area contributed by atoms with E-state index in [9.17, 15) is 19.5 Å². The third kappa shape index (κ3) is 3.68. The number of aliphatic hydroxyl groups is 1. The highest BCUT2D eigenvalue weighted by Crippen LogP contribution is 2.32. The standard InChI is InChI=1S/C21H15Cl2N3O4S/c1-25(14-8-3-2-6-12(14)22)19(28)16-9-15(18(23)31-16)26-20(29)17-11(10-27)5-4-7-13(17)24-21(26)30/h2-9,27H,10H2,1H3,(H,24,30). The SMILES string of the molecule is CN(C(=O)c1cc(-n2c(=O)[nH]c3cccc(CO)c3c2=O)c(Cl)s1)c1ccccc1Cl. The van der Waals surface area contributed by atoms with Crippen LogP contribution in [-0.4, -0.2) is 27.6 Å². The summed E-state index contributed by atoms with van der Waals surface area (Å²) in [4.78, 5) is 43.0. The number of thiophene rings is 1. The number of fused-ring (bicyclic) bond motifs is 1. The molecule has 2 aromatic carbocycles. The molecule has 0 atom stereocenters. The Hall–Kier alpha value is -2.91. The van der Waals surface area contributed by atoms with Crippen molar-refractivity contribution >= 4 is 57.0 Å². The van der Waals surface area contributed by atoms with Crippen LogP contribution >= 0.6 is 34.5 Å². The Bertz CT molecular complexity index is 1440. The fourth-order valence-corrected chi connectivity index (χ4v) is 4.79. The molecule has 0 saturated carbocycles. The molecule has 0 spiro atoms. The van der Waals surface area contributed by atoms with E-state index in [0.29, 0.717) is 21.8 Å². The minimum absolute atomic E-state index is 0.0865. The van der Waals surface area contributed by atoms with Gasteiger partial charge in [0.25, 0.3) is 11.5 Å². The van der Waals surface area contributed by atoms with Crippen molar-refractivity contribution in [1.82, 2.24) is 9.55 Å². The molecule has 2 aromatic heterocycles. The van der Waals surface area contributed by atoms with Crippen molar-refractivity contribution in [3.8, 4) is 5.69 Å². The van der Waals surface area contributed by atoms with E-state index in [1.54, 1.807) is 49.5 Å². The van der Waals surface area contributed by atoms with Gasteiger partial charge < -0.3 is 15.0 Å². The van der Waals surface area contributed by atoms with E-state index >= 15 is 0 Å². The topological polar surface area (TPSA) is 95.4 Å². The lowest BCUT2D eigenvalue weighted by Crippen LogP contribution is -2.34. The number of anilines is 1. The number of aromatic nitrogens is 2. The summed E-state index contributed by atoms with van der Waals surface area (Å²) >= 11 is 13.5. The first-order valence-corrected chi connectivity index (χ1v) is 10.6. The van der Waals surface area contributed by atoms with Gasteiger partial charge in [0.2, 0.25) is 0 Å². The van der Waals surface area contributed by atoms with Crippen LogP contribution in [0.4, 0.5) is 5.69 Å². The molecule has 158 valence electrons. The predicted octanol–water partition coefficient (Wildman–Crippen LogP) is 3.82. The van der Waals surface area contributed by atoms with Crippen molar-refractivity contribution in [2.24, 2.45) is 0 Å². The van der Waals surface area contributed by atoms with Gasteiger partial charge in [0.05, 0.1) is 38.8 Å². The number of nitrogens with zero attached hydrogens (tertiary/aromatic N) is 2. The van der Waals surface area contributed by atoms with E-state index in [1.165, 1.54) is 11.0 Å². The van der Waals surface area contributed by atoms with Crippen molar-refractivity contribution < 1.29 is 9.90 Å². The van der Waals surface area contributed by atoms with E-state index in [1.807, 2.05) is 0 Å². The molecule has 0 aliphatic heterocycles. The highest BCUT2D eigenvalue weighted by molar-refractivity contribution is 7.18. The van der Waals surface area contributed by atoms with Crippen LogP contribution in [0.2, 0.25) is 9.36 Å². The normalized spacial score (nSPS) is 11.1. The minimum Gasteiger partial charge on any atom is -0.392 e. The maximum atomic E-state index is 13.1. The summed E-state index contributed by atoms with van der Waals surface area (Å²) in [6.07, 6.45) is 0. The van der Waals surface area contributed by atoms with Gasteiger partial charge in [0.1, 0.15) is 4.34 Å². The van der Waals surface area contributed by atoms with Crippen LogP contribution in [0.1, 0.15) is 15.2 Å². The number of H-pyrrole nitrogens is 1. The Morgan fingerprint density at radius 3 is 2.61 bits per heavy atom. The number of nitrogens with one attached hydrogen (secondary N) is 1. The Labute approximate surface area is 189 Å². The first-order chi connectivity index (χ1) is 14.8. The van der Waals surface area contributed by atoms with E-state index in [2.05, 4.69) is 4.98 Å². The minimum atomic E-state index is -0.703. The van der Waals surface area contributed by atoms with Crippen molar-refractivity contribution in [3.05, 3.63) is 89.2 Å². The van der Waals surface area contributed by atoms with Gasteiger partial charge in [-0.25, -0.2) is 9.36 Å². The molecule has 10 heteroatoms. The quantitative estimate of drug-likeness (QED) is 0.468. The van der Waals surface area contributed by atoms with Gasteiger partial charge in [-0.3, -0.25) is 9.59 Å². The number of hydrogen-bond donors (Lipinski definition) is 2. The van der Waals surface area contributed by atoms with Gasteiger partial charge in [0.15, 0.2) is 0 Å². The fourth-order valence-electron chi connectivity index (χ4n) is 3.30. The van der Waals surface area contributed by atoms with E-state index < -0.39 is 17.2 Å². The van der Waals surface area contributed by atoms with E-state index in [-0.39, 0.29) is 26.9 Å². The summed E-state index contributed by atoms with van der Waals surface area (Å²) in [5, 5.41) is 10.2. The molecule has 0 fully saturated rings. The third-order valence-electron chi connectivity index (χ3n) is 4.82. The van der Waals surface area contributed by atoms with Gasteiger partial charge >= 0.3 is 5.69 Å². The monoisotopic (exact) mass is 475 g/mol. The van der Waals surface area contributed by atoms with Crippen molar-refractivity contribution in [2.75, 3.05) is 11.9 Å². The molecule has 1 amide bonds. The fraction of sp³-hybridized carbons (Fsp3) is 0.0952. The summed E-state index contributed by atoms with van der Waals surface area (Å²) < 4.78 is 0.969. The maximum absolute atomic E-state index is 13.1. The summed E-state index contributed by atoms with van der Waals surface area (Å²) in [5.74, 6) is -0.396. The van der Waals surface area contributed by atoms with Gasteiger partial charge in [-0.2, -0.15) is 0 Å². The second-order valence-corrected chi connectivity index (χ2v) is 8.72. The van der Waals surface area contributed by atoms with Crippen LogP contribution in [0.3, 0.4) is 0 Å². The molecule has 0 radical (unpaired) electrons. The summed E-state index contributed by atoms with van der Waals surface area (Å²) in [7, 11) is 1.57. The zero-order valence-corrected chi connectivity index (χ0v) is 18.4. The molecule has 2 heterocycles. The van der Waals surface area contributed by atoms with E-state index in [0.717, 1.165) is 15.9 Å². The third-order valence-corrected chi connectivity index (χ3v) is 6.47. The smallest absolute Gasteiger partial charge is 0.333 e. The number of carbonyl (C=O) groups is 1. The molecule has 2 N–H and O–H groups in total. The van der Waals surface area contributed by atoms with Crippen LogP contribution in [0.25, 0.3) is 16.6 Å². The predicted molar refractivity (Wildman–Crippen MR) is 123 cm³/mol. The zero-order chi connectivity index (χ0) is 22.3. The number of amides is 1. The van der Waals surface area contributed by atoms with Crippen LogP contribution in [0.5, 0.6) is 0 Å². The summed E-state index contributed by atoms with van der Waals surface area (Å²) in [6.45, 7) is -0.373. The molecule has 0 unspecified atom stereocenters. The number of hydrogen-bond acceptors (Lipinski definition) is 5. The molecule has 0 aliphatic rings. The lowest BCUT2D eigenvalue weighted by molar-refractivity contribution is 0.0997. The lowest BCUT2D eigenvalue weighted by atomic mass is 10.1. The number of carbonyl (C=O) groups excluding carboxylic acids is 1. The lowest BCUT2D eigenvalue weighted by Gasteiger charge is -2.17. The molecular weight excluding hydrogens is 461 g/mol. The van der Waals surface area contributed by atoms with Gasteiger partial charge in [0, 0.05) is 7.05 Å². The number of halogens is 2. The Morgan fingerprint density at radius 1 is 1.16 bits per heavy atom. The first-order valence-electron chi connectivity index (χ1n) is 9.03. The van der Waals surface area contributed by atoms with Gasteiger partial charge in [-0.1, -0.05) is 47.5 Å². The van der Waals surface area contributed by atoms with Crippen LogP contribution in [0.15, 0.2) is 58.1 Å². The molecule has 4 aromatic rings. The Balaban J connectivity index is 1.84. The molecule has 4 rings (SSSR count). The number of aliphatic hydroxyl groups excluding tert-OH is 1. The number of aromatic amines is 1. The summed E-state index contributed by atoms with van der Waals surface area (Å²) in [5.41, 5.74) is -0.0724. The molecular formula is C21H15Cl2N3O4S. The number of para-hydroxylation sites is 1. The van der Waals surface area contributed by atoms with Gasteiger partial charge in [-0.15, -0.1) is 11.3 Å². The number of rotatable bonds is 4. The second-order valence-electron chi connectivity index (χ2n) is 6.65. The second kappa shape index (κ2) is 8.32.